The molecule has 0 N–H and O–H groups in total. The molecule has 0 aliphatic rings. The average molecular weight is 211 g/mol. The van der Waals surface area contributed by atoms with Gasteiger partial charge in [-0.2, -0.15) is 0 Å². The SMILES string of the molecule is CC(C)(C)c1ncc(CC[N+](C)(C)C)o1. The van der Waals surface area contributed by atoms with Crippen molar-refractivity contribution < 1.29 is 8.90 Å². The van der Waals surface area contributed by atoms with Gasteiger partial charge in [-0.1, -0.05) is 20.8 Å². The maximum Gasteiger partial charge on any atom is 0.199 e. The Bertz CT molecular complexity index is 315. The minimum Gasteiger partial charge on any atom is -0.445 e. The van der Waals surface area contributed by atoms with Crippen molar-refractivity contribution >= 4 is 0 Å². The number of rotatable bonds is 3. The van der Waals surface area contributed by atoms with Crippen LogP contribution in [0.25, 0.3) is 0 Å². The Labute approximate surface area is 92.7 Å². The van der Waals surface area contributed by atoms with Gasteiger partial charge in [0.05, 0.1) is 40.3 Å². The van der Waals surface area contributed by atoms with Gasteiger partial charge in [-0.3, -0.25) is 0 Å². The first-order valence-electron chi connectivity index (χ1n) is 5.44. The molecular weight excluding hydrogens is 188 g/mol. The van der Waals surface area contributed by atoms with Crippen LogP contribution in [0.1, 0.15) is 32.4 Å². The van der Waals surface area contributed by atoms with E-state index in [0.717, 1.165) is 29.1 Å². The van der Waals surface area contributed by atoms with Crippen molar-refractivity contribution in [3.8, 4) is 0 Å². The van der Waals surface area contributed by atoms with Gasteiger partial charge in [0.2, 0.25) is 0 Å². The van der Waals surface area contributed by atoms with Crippen molar-refractivity contribution in [2.45, 2.75) is 32.6 Å². The summed E-state index contributed by atoms with van der Waals surface area (Å²) in [5.74, 6) is 1.83. The first kappa shape index (κ1) is 12.2. The molecule has 1 aromatic rings. The zero-order valence-corrected chi connectivity index (χ0v) is 10.8. The summed E-state index contributed by atoms with van der Waals surface area (Å²) in [6.07, 6.45) is 2.81. The van der Waals surface area contributed by atoms with Gasteiger partial charge in [-0.25, -0.2) is 4.98 Å². The van der Waals surface area contributed by atoms with E-state index in [1.807, 2.05) is 6.20 Å². The van der Waals surface area contributed by atoms with Gasteiger partial charge in [0.1, 0.15) is 5.76 Å². The predicted molar refractivity (Wildman–Crippen MR) is 61.8 cm³/mol. The van der Waals surface area contributed by atoms with E-state index < -0.39 is 0 Å². The fourth-order valence-corrected chi connectivity index (χ4v) is 1.22. The highest BCUT2D eigenvalue weighted by Gasteiger charge is 2.20. The lowest BCUT2D eigenvalue weighted by molar-refractivity contribution is -0.870. The molecule has 0 saturated heterocycles. The van der Waals surface area contributed by atoms with E-state index in [1.54, 1.807) is 0 Å². The van der Waals surface area contributed by atoms with Crippen LogP contribution in [0.2, 0.25) is 0 Å². The summed E-state index contributed by atoms with van der Waals surface area (Å²) in [7, 11) is 6.54. The maximum absolute atomic E-state index is 5.72. The van der Waals surface area contributed by atoms with E-state index in [1.165, 1.54) is 0 Å². The lowest BCUT2D eigenvalue weighted by atomic mass is 9.97. The second kappa shape index (κ2) is 3.97. The molecular formula is C12H23N2O+. The number of hydrogen-bond acceptors (Lipinski definition) is 2. The van der Waals surface area contributed by atoms with Gasteiger partial charge in [0.25, 0.3) is 0 Å². The summed E-state index contributed by atoms with van der Waals surface area (Å²) < 4.78 is 6.67. The maximum atomic E-state index is 5.72. The molecule has 1 heterocycles. The van der Waals surface area contributed by atoms with E-state index in [0.29, 0.717) is 0 Å². The molecule has 15 heavy (non-hydrogen) atoms. The van der Waals surface area contributed by atoms with Gasteiger partial charge >= 0.3 is 0 Å². The summed E-state index contributed by atoms with van der Waals surface area (Å²) in [5, 5.41) is 0. The zero-order valence-electron chi connectivity index (χ0n) is 10.8. The third-order valence-electron chi connectivity index (χ3n) is 2.22. The first-order valence-corrected chi connectivity index (χ1v) is 5.44. The number of oxazole rings is 1. The van der Waals surface area contributed by atoms with Crippen molar-refractivity contribution in [2.24, 2.45) is 0 Å². The monoisotopic (exact) mass is 211 g/mol. The summed E-state index contributed by atoms with van der Waals surface area (Å²) in [6, 6.07) is 0. The van der Waals surface area contributed by atoms with Gasteiger partial charge in [0, 0.05) is 5.41 Å². The number of aromatic nitrogens is 1. The van der Waals surface area contributed by atoms with Crippen molar-refractivity contribution in [1.29, 1.82) is 0 Å². The lowest BCUT2D eigenvalue weighted by Crippen LogP contribution is -2.36. The molecule has 0 saturated carbocycles. The Hall–Kier alpha value is -0.830. The molecule has 0 unspecified atom stereocenters. The third kappa shape index (κ3) is 4.04. The molecule has 0 spiro atoms. The van der Waals surface area contributed by atoms with Crippen LogP contribution in [0.15, 0.2) is 10.6 Å². The van der Waals surface area contributed by atoms with E-state index in [9.17, 15) is 0 Å². The van der Waals surface area contributed by atoms with Crippen LogP contribution in [0.5, 0.6) is 0 Å². The first-order chi connectivity index (χ1) is 6.68. The number of quaternary nitrogens is 1. The van der Waals surface area contributed by atoms with Crippen molar-refractivity contribution in [3.63, 3.8) is 0 Å². The van der Waals surface area contributed by atoms with Crippen molar-refractivity contribution in [1.82, 2.24) is 4.98 Å². The molecule has 0 radical (unpaired) electrons. The quantitative estimate of drug-likeness (QED) is 0.717. The third-order valence-corrected chi connectivity index (χ3v) is 2.22. The number of hydrogen-bond donors (Lipinski definition) is 0. The minimum absolute atomic E-state index is 0.00877. The summed E-state index contributed by atoms with van der Waals surface area (Å²) in [6.45, 7) is 7.41. The second-order valence-electron chi connectivity index (χ2n) is 6.15. The van der Waals surface area contributed by atoms with E-state index in [2.05, 4.69) is 46.9 Å². The molecule has 0 aliphatic heterocycles. The molecule has 0 atom stereocenters. The molecule has 0 aliphatic carbocycles. The van der Waals surface area contributed by atoms with E-state index in [4.69, 9.17) is 4.42 Å². The molecule has 1 aromatic heterocycles. The molecule has 0 fully saturated rings. The molecule has 1 rings (SSSR count). The highest BCUT2D eigenvalue weighted by molar-refractivity contribution is 5.02. The van der Waals surface area contributed by atoms with Gasteiger partial charge in [-0.15, -0.1) is 0 Å². The standard InChI is InChI=1S/C12H23N2O/c1-12(2,3)11-13-9-10(15-11)7-8-14(4,5)6/h9H,7-8H2,1-6H3/q+1. The number of nitrogens with zero attached hydrogens (tertiary/aromatic N) is 2. The van der Waals surface area contributed by atoms with E-state index >= 15 is 0 Å². The Balaban J connectivity index is 2.62. The Morgan fingerprint density at radius 1 is 1.27 bits per heavy atom. The average Bonchev–Trinajstić information content (AvgIpc) is 2.45. The van der Waals surface area contributed by atoms with Crippen molar-refractivity contribution in [2.75, 3.05) is 27.7 Å². The Morgan fingerprint density at radius 3 is 2.27 bits per heavy atom. The van der Waals surface area contributed by atoms with Crippen LogP contribution in [-0.2, 0) is 11.8 Å². The summed E-state index contributed by atoms with van der Waals surface area (Å²) >= 11 is 0. The molecule has 3 heteroatoms. The molecule has 0 aromatic carbocycles. The Morgan fingerprint density at radius 2 is 1.87 bits per heavy atom. The molecule has 3 nitrogen and oxygen atoms in total. The van der Waals surface area contributed by atoms with Gasteiger partial charge in [0.15, 0.2) is 5.89 Å². The topological polar surface area (TPSA) is 26.0 Å². The Kier molecular flexibility index (Phi) is 3.24. The van der Waals surface area contributed by atoms with Crippen molar-refractivity contribution in [3.05, 3.63) is 17.8 Å². The van der Waals surface area contributed by atoms with E-state index in [-0.39, 0.29) is 5.41 Å². The number of likely N-dealkylation sites (N-methyl/N-ethyl adjacent to an activating group) is 1. The summed E-state index contributed by atoms with van der Waals surface area (Å²) in [5.41, 5.74) is 0.00877. The zero-order chi connectivity index (χ0) is 11.7. The highest BCUT2D eigenvalue weighted by Crippen LogP contribution is 2.21. The normalized spacial score (nSPS) is 13.2. The largest absolute Gasteiger partial charge is 0.445 e. The minimum atomic E-state index is 0.00877. The fraction of sp³-hybridized carbons (Fsp3) is 0.750. The second-order valence-corrected chi connectivity index (χ2v) is 6.15. The van der Waals surface area contributed by atoms with Crippen LogP contribution in [0.3, 0.4) is 0 Å². The predicted octanol–water partition coefficient (Wildman–Crippen LogP) is 2.22. The van der Waals surface area contributed by atoms with Crippen LogP contribution < -0.4 is 0 Å². The lowest BCUT2D eigenvalue weighted by Gasteiger charge is -2.23. The molecule has 86 valence electrons. The van der Waals surface area contributed by atoms with Gasteiger partial charge < -0.3 is 8.90 Å². The molecule has 0 bridgehead atoms. The molecule has 0 amide bonds. The van der Waals surface area contributed by atoms with Crippen LogP contribution in [-0.4, -0.2) is 37.2 Å². The van der Waals surface area contributed by atoms with Gasteiger partial charge in [-0.05, 0) is 0 Å². The van der Waals surface area contributed by atoms with Crippen LogP contribution in [0, 0.1) is 0 Å². The smallest absolute Gasteiger partial charge is 0.199 e. The highest BCUT2D eigenvalue weighted by atomic mass is 16.4. The van der Waals surface area contributed by atoms with Crippen LogP contribution >= 0.6 is 0 Å². The summed E-state index contributed by atoms with van der Waals surface area (Å²) in [4.78, 5) is 4.31. The fourth-order valence-electron chi connectivity index (χ4n) is 1.22. The van der Waals surface area contributed by atoms with Crippen LogP contribution in [0.4, 0.5) is 0 Å².